The summed E-state index contributed by atoms with van der Waals surface area (Å²) < 4.78 is 0. The molecule has 0 bridgehead atoms. The first kappa shape index (κ1) is 10.1. The van der Waals surface area contributed by atoms with Crippen LogP contribution in [0.1, 0.15) is 35.1 Å². The first-order valence-electron chi connectivity index (χ1n) is 6.82. The Bertz CT molecular complexity index is 636. The smallest absolute Gasteiger partial charge is 0.00791 e. The second-order valence-corrected chi connectivity index (χ2v) is 5.22. The van der Waals surface area contributed by atoms with Gasteiger partial charge in [0, 0.05) is 0 Å². The van der Waals surface area contributed by atoms with Crippen molar-refractivity contribution in [2.45, 2.75) is 25.7 Å². The van der Waals surface area contributed by atoms with Crippen LogP contribution < -0.4 is 0 Å². The number of hydrogen-bond donors (Lipinski definition) is 0. The van der Waals surface area contributed by atoms with Crippen molar-refractivity contribution in [1.29, 1.82) is 0 Å². The summed E-state index contributed by atoms with van der Waals surface area (Å²) in [5, 5.41) is 0. The van der Waals surface area contributed by atoms with Gasteiger partial charge in [-0.3, -0.25) is 0 Å². The Morgan fingerprint density at radius 2 is 1.89 bits per heavy atom. The van der Waals surface area contributed by atoms with Crippen molar-refractivity contribution < 1.29 is 0 Å². The van der Waals surface area contributed by atoms with Crippen LogP contribution in [0.25, 0.3) is 11.6 Å². The molecule has 0 amide bonds. The molecular formula is C18H16. The lowest BCUT2D eigenvalue weighted by Crippen LogP contribution is -2.09. The van der Waals surface area contributed by atoms with Crippen LogP contribution in [0, 0.1) is 0 Å². The number of rotatable bonds is 0. The normalized spacial score (nSPS) is 19.6. The van der Waals surface area contributed by atoms with Gasteiger partial charge >= 0.3 is 0 Å². The van der Waals surface area contributed by atoms with E-state index in [1.54, 1.807) is 11.1 Å². The Morgan fingerprint density at radius 1 is 0.889 bits per heavy atom. The highest BCUT2D eigenvalue weighted by molar-refractivity contribution is 5.87. The van der Waals surface area contributed by atoms with Gasteiger partial charge in [0.15, 0.2) is 0 Å². The molecule has 3 aliphatic rings. The molecule has 0 atom stereocenters. The third-order valence-electron chi connectivity index (χ3n) is 4.21. The number of allylic oxidation sites excluding steroid dienone is 7. The number of fused-ring (bicyclic) bond motifs is 5. The van der Waals surface area contributed by atoms with E-state index in [0.29, 0.717) is 0 Å². The van der Waals surface area contributed by atoms with E-state index in [1.165, 1.54) is 35.1 Å². The van der Waals surface area contributed by atoms with Crippen LogP contribution in [0.3, 0.4) is 0 Å². The van der Waals surface area contributed by atoms with E-state index in [1.807, 2.05) is 0 Å². The maximum Gasteiger partial charge on any atom is -0.00791 e. The molecule has 88 valence electrons. The van der Waals surface area contributed by atoms with Crippen molar-refractivity contribution in [3.63, 3.8) is 0 Å². The molecule has 0 spiro atoms. The van der Waals surface area contributed by atoms with Gasteiger partial charge in [0.25, 0.3) is 0 Å². The van der Waals surface area contributed by atoms with Gasteiger partial charge in [-0.15, -0.1) is 0 Å². The molecule has 0 heterocycles. The van der Waals surface area contributed by atoms with Crippen molar-refractivity contribution in [2.75, 3.05) is 0 Å². The Balaban J connectivity index is 1.94. The maximum atomic E-state index is 2.39. The van der Waals surface area contributed by atoms with Crippen LogP contribution in [0.5, 0.6) is 0 Å². The molecule has 0 heteroatoms. The van der Waals surface area contributed by atoms with Crippen LogP contribution >= 0.6 is 0 Å². The SMILES string of the molecule is C1=CC2=CCc3c(ccc4c3CCC=C4)C2=CC1. The molecule has 0 fully saturated rings. The molecule has 0 saturated carbocycles. The second-order valence-electron chi connectivity index (χ2n) is 5.22. The summed E-state index contributed by atoms with van der Waals surface area (Å²) in [4.78, 5) is 0. The monoisotopic (exact) mass is 232 g/mol. The van der Waals surface area contributed by atoms with Crippen LogP contribution in [0.4, 0.5) is 0 Å². The lowest BCUT2D eigenvalue weighted by atomic mass is 9.79. The fraction of sp³-hybridized carbons (Fsp3) is 0.222. The molecule has 0 N–H and O–H groups in total. The van der Waals surface area contributed by atoms with Gasteiger partial charge in [-0.1, -0.05) is 48.6 Å². The minimum Gasteiger partial charge on any atom is -0.0836 e. The largest absolute Gasteiger partial charge is 0.0836 e. The molecule has 0 nitrogen and oxygen atoms in total. The molecule has 0 radical (unpaired) electrons. The predicted molar refractivity (Wildman–Crippen MR) is 77.3 cm³/mol. The van der Waals surface area contributed by atoms with Crippen molar-refractivity contribution >= 4 is 11.6 Å². The third-order valence-corrected chi connectivity index (χ3v) is 4.21. The van der Waals surface area contributed by atoms with Crippen molar-refractivity contribution in [2.24, 2.45) is 0 Å². The summed E-state index contributed by atoms with van der Waals surface area (Å²) >= 11 is 0. The summed E-state index contributed by atoms with van der Waals surface area (Å²) in [5.74, 6) is 0. The van der Waals surface area contributed by atoms with E-state index in [-0.39, 0.29) is 0 Å². The Hall–Kier alpha value is -1.82. The zero-order chi connectivity index (χ0) is 11.9. The highest BCUT2D eigenvalue weighted by Gasteiger charge is 2.20. The van der Waals surface area contributed by atoms with Gasteiger partial charge in [0.1, 0.15) is 0 Å². The predicted octanol–water partition coefficient (Wildman–Crippen LogP) is 4.47. The molecule has 0 aliphatic heterocycles. The Labute approximate surface area is 108 Å². The molecule has 0 aromatic heterocycles. The van der Waals surface area contributed by atoms with Gasteiger partial charge < -0.3 is 0 Å². The zero-order valence-corrected chi connectivity index (χ0v) is 10.4. The quantitative estimate of drug-likeness (QED) is 0.619. The molecule has 3 aliphatic carbocycles. The Morgan fingerprint density at radius 3 is 2.89 bits per heavy atom. The van der Waals surface area contributed by atoms with Crippen LogP contribution in [-0.4, -0.2) is 0 Å². The van der Waals surface area contributed by atoms with E-state index in [2.05, 4.69) is 48.6 Å². The van der Waals surface area contributed by atoms with Crippen molar-refractivity contribution in [3.8, 4) is 0 Å². The summed E-state index contributed by atoms with van der Waals surface area (Å²) in [5.41, 5.74) is 8.94. The number of hydrogen-bond acceptors (Lipinski definition) is 0. The average molecular weight is 232 g/mol. The fourth-order valence-electron chi connectivity index (χ4n) is 3.33. The molecule has 1 aromatic carbocycles. The molecule has 18 heavy (non-hydrogen) atoms. The minimum atomic E-state index is 1.07. The van der Waals surface area contributed by atoms with Gasteiger partial charge in [-0.25, -0.2) is 0 Å². The van der Waals surface area contributed by atoms with Crippen molar-refractivity contribution in [3.05, 3.63) is 70.3 Å². The Kier molecular flexibility index (Phi) is 2.16. The standard InChI is InChI=1S/C18H16/c1-3-7-15-13(5-1)9-11-18-16-8-4-2-6-14(16)10-12-17(15)18/h1-2,5-7,9-10,12H,3-4,8,11H2. The van der Waals surface area contributed by atoms with Gasteiger partial charge in [-0.05, 0) is 59.1 Å². The number of benzene rings is 1. The molecule has 0 unspecified atom stereocenters. The molecular weight excluding hydrogens is 216 g/mol. The van der Waals surface area contributed by atoms with Crippen LogP contribution in [0.2, 0.25) is 0 Å². The summed E-state index contributed by atoms with van der Waals surface area (Å²) in [6.07, 6.45) is 18.4. The van der Waals surface area contributed by atoms with E-state index in [9.17, 15) is 0 Å². The summed E-state index contributed by atoms with van der Waals surface area (Å²) in [7, 11) is 0. The van der Waals surface area contributed by atoms with E-state index in [4.69, 9.17) is 0 Å². The van der Waals surface area contributed by atoms with Crippen LogP contribution in [-0.2, 0) is 12.8 Å². The molecule has 0 saturated heterocycles. The first-order chi connectivity index (χ1) is 8.93. The van der Waals surface area contributed by atoms with Gasteiger partial charge in [-0.2, -0.15) is 0 Å². The highest BCUT2D eigenvalue weighted by Crippen LogP contribution is 2.38. The third kappa shape index (κ3) is 1.38. The lowest BCUT2D eigenvalue weighted by Gasteiger charge is -2.25. The second kappa shape index (κ2) is 3.84. The average Bonchev–Trinajstić information content (AvgIpc) is 2.46. The van der Waals surface area contributed by atoms with E-state index >= 15 is 0 Å². The molecule has 4 rings (SSSR count). The first-order valence-corrected chi connectivity index (χ1v) is 6.82. The summed E-state index contributed by atoms with van der Waals surface area (Å²) in [6.45, 7) is 0. The topological polar surface area (TPSA) is 0 Å². The zero-order valence-electron chi connectivity index (χ0n) is 10.4. The van der Waals surface area contributed by atoms with Crippen LogP contribution in [0.15, 0.2) is 48.1 Å². The van der Waals surface area contributed by atoms with E-state index < -0.39 is 0 Å². The highest BCUT2D eigenvalue weighted by atomic mass is 14.2. The fourth-order valence-corrected chi connectivity index (χ4v) is 3.33. The molecule has 1 aromatic rings. The van der Waals surface area contributed by atoms with Crippen molar-refractivity contribution in [1.82, 2.24) is 0 Å². The van der Waals surface area contributed by atoms with Gasteiger partial charge in [0.2, 0.25) is 0 Å². The van der Waals surface area contributed by atoms with E-state index in [0.717, 1.165) is 12.8 Å². The summed E-state index contributed by atoms with van der Waals surface area (Å²) in [6, 6.07) is 4.62. The minimum absolute atomic E-state index is 1.07. The lowest BCUT2D eigenvalue weighted by molar-refractivity contribution is 0.953. The van der Waals surface area contributed by atoms with Gasteiger partial charge in [0.05, 0.1) is 0 Å². The maximum absolute atomic E-state index is 2.39.